The van der Waals surface area contributed by atoms with Crippen LogP contribution in [0.4, 0.5) is 0 Å². The quantitative estimate of drug-likeness (QED) is 0.648. The molecule has 2 aromatic heterocycles. The van der Waals surface area contributed by atoms with E-state index in [2.05, 4.69) is 35.8 Å². The van der Waals surface area contributed by atoms with Crippen molar-refractivity contribution in [2.45, 2.75) is 26.7 Å². The molecule has 0 bridgehead atoms. The average molecular weight is 308 g/mol. The van der Waals surface area contributed by atoms with Crippen molar-refractivity contribution >= 4 is 11.3 Å². The molecule has 0 aliphatic carbocycles. The van der Waals surface area contributed by atoms with E-state index in [4.69, 9.17) is 4.52 Å². The van der Waals surface area contributed by atoms with Crippen LogP contribution in [0.2, 0.25) is 0 Å². The normalized spacial score (nSPS) is 10.5. The third kappa shape index (κ3) is 2.95. The summed E-state index contributed by atoms with van der Waals surface area (Å²) >= 11 is 1.65. The van der Waals surface area contributed by atoms with Crippen LogP contribution in [0.25, 0.3) is 11.3 Å². The van der Waals surface area contributed by atoms with Crippen LogP contribution in [0.3, 0.4) is 0 Å². The zero-order chi connectivity index (χ0) is 15.5. The fraction of sp³-hybridized carbons (Fsp3) is 0.222. The van der Waals surface area contributed by atoms with Gasteiger partial charge in [0.2, 0.25) is 0 Å². The molecule has 0 unspecified atom stereocenters. The van der Waals surface area contributed by atoms with Crippen molar-refractivity contribution in [3.05, 3.63) is 57.7 Å². The van der Waals surface area contributed by atoms with Crippen LogP contribution < -0.4 is 0 Å². The van der Waals surface area contributed by atoms with E-state index in [1.165, 1.54) is 0 Å². The summed E-state index contributed by atoms with van der Waals surface area (Å²) in [5.41, 5.74) is 3.41. The molecule has 3 rings (SSSR count). The van der Waals surface area contributed by atoms with Crippen LogP contribution in [-0.4, -0.2) is 10.1 Å². The predicted molar refractivity (Wildman–Crippen MR) is 88.9 cm³/mol. The molecule has 3 nitrogen and oxygen atoms in total. The van der Waals surface area contributed by atoms with Gasteiger partial charge < -0.3 is 4.52 Å². The second-order valence-corrected chi connectivity index (χ2v) is 6.19. The molecular weight excluding hydrogens is 292 g/mol. The van der Waals surface area contributed by atoms with Gasteiger partial charge in [0.25, 0.3) is 0 Å². The lowest BCUT2D eigenvalue weighted by molar-refractivity contribution is 0.399. The number of rotatable bonds is 2. The molecule has 0 atom stereocenters. The molecule has 0 fully saturated rings. The zero-order valence-electron chi connectivity index (χ0n) is 12.8. The Morgan fingerprint density at radius 3 is 2.59 bits per heavy atom. The standard InChI is InChI=1S/C18H16N2OS/c1-12(2)18-19-15(11-22-18)9-10-16-13(3)21-20-17(16)14-7-5-4-6-8-14/h4-8,11-12H,1-3H3. The first-order chi connectivity index (χ1) is 10.6. The van der Waals surface area contributed by atoms with E-state index in [-0.39, 0.29) is 0 Å². The summed E-state index contributed by atoms with van der Waals surface area (Å²) in [7, 11) is 0. The Morgan fingerprint density at radius 1 is 1.14 bits per heavy atom. The molecule has 0 saturated heterocycles. The molecule has 0 saturated carbocycles. The molecule has 0 aliphatic heterocycles. The molecule has 110 valence electrons. The number of hydrogen-bond acceptors (Lipinski definition) is 4. The number of aryl methyl sites for hydroxylation is 1. The number of aromatic nitrogens is 2. The van der Waals surface area contributed by atoms with E-state index in [0.717, 1.165) is 33.3 Å². The third-order valence-corrected chi connectivity index (χ3v) is 4.39. The van der Waals surface area contributed by atoms with Gasteiger partial charge in [-0.05, 0) is 12.8 Å². The van der Waals surface area contributed by atoms with Gasteiger partial charge in [-0.3, -0.25) is 0 Å². The minimum Gasteiger partial charge on any atom is -0.360 e. The SMILES string of the molecule is Cc1onc(-c2ccccc2)c1C#Cc1csc(C(C)C)n1. The van der Waals surface area contributed by atoms with E-state index in [9.17, 15) is 0 Å². The van der Waals surface area contributed by atoms with Gasteiger partial charge in [-0.2, -0.15) is 0 Å². The number of thiazole rings is 1. The number of hydrogen-bond donors (Lipinski definition) is 0. The fourth-order valence-corrected chi connectivity index (χ4v) is 2.82. The fourth-order valence-electron chi connectivity index (χ4n) is 2.05. The first-order valence-corrected chi connectivity index (χ1v) is 8.02. The first-order valence-electron chi connectivity index (χ1n) is 7.14. The molecule has 2 heterocycles. The summed E-state index contributed by atoms with van der Waals surface area (Å²) in [5.74, 6) is 7.45. The lowest BCUT2D eigenvalue weighted by Gasteiger charge is -1.95. The summed E-state index contributed by atoms with van der Waals surface area (Å²) in [5, 5.41) is 7.24. The molecule has 0 spiro atoms. The highest BCUT2D eigenvalue weighted by atomic mass is 32.1. The number of benzene rings is 1. The lowest BCUT2D eigenvalue weighted by atomic mass is 10.1. The predicted octanol–water partition coefficient (Wildman–Crippen LogP) is 4.63. The topological polar surface area (TPSA) is 38.9 Å². The van der Waals surface area contributed by atoms with Crippen LogP contribution in [-0.2, 0) is 0 Å². The van der Waals surface area contributed by atoms with Crippen LogP contribution in [0, 0.1) is 18.8 Å². The van der Waals surface area contributed by atoms with E-state index in [1.807, 2.05) is 42.6 Å². The van der Waals surface area contributed by atoms with E-state index < -0.39 is 0 Å². The molecule has 4 heteroatoms. The molecule has 0 radical (unpaired) electrons. The Kier molecular flexibility index (Phi) is 4.08. The summed E-state index contributed by atoms with van der Waals surface area (Å²) in [6, 6.07) is 9.94. The highest BCUT2D eigenvalue weighted by molar-refractivity contribution is 7.09. The maximum Gasteiger partial charge on any atom is 0.149 e. The Bertz CT molecular complexity index is 835. The van der Waals surface area contributed by atoms with Gasteiger partial charge in [0.05, 0.1) is 10.6 Å². The Hall–Kier alpha value is -2.38. The van der Waals surface area contributed by atoms with Crippen LogP contribution >= 0.6 is 11.3 Å². The average Bonchev–Trinajstić information content (AvgIpc) is 3.13. The van der Waals surface area contributed by atoms with Crippen LogP contribution in [0.15, 0.2) is 40.2 Å². The maximum absolute atomic E-state index is 5.31. The molecule has 1 aromatic carbocycles. The van der Waals surface area contributed by atoms with E-state index in [1.54, 1.807) is 11.3 Å². The van der Waals surface area contributed by atoms with Crippen molar-refractivity contribution in [2.75, 3.05) is 0 Å². The molecule has 0 N–H and O–H groups in total. The van der Waals surface area contributed by atoms with Crippen molar-refractivity contribution < 1.29 is 4.52 Å². The second kappa shape index (κ2) is 6.17. The molecule has 22 heavy (non-hydrogen) atoms. The summed E-state index contributed by atoms with van der Waals surface area (Å²) < 4.78 is 5.31. The van der Waals surface area contributed by atoms with E-state index >= 15 is 0 Å². The van der Waals surface area contributed by atoms with Crippen molar-refractivity contribution in [1.29, 1.82) is 0 Å². The maximum atomic E-state index is 5.31. The second-order valence-electron chi connectivity index (χ2n) is 5.30. The summed E-state index contributed by atoms with van der Waals surface area (Å²) in [4.78, 5) is 4.54. The van der Waals surface area contributed by atoms with Crippen molar-refractivity contribution in [1.82, 2.24) is 10.1 Å². The van der Waals surface area contributed by atoms with Crippen molar-refractivity contribution in [3.8, 4) is 23.1 Å². The number of nitrogens with zero attached hydrogens (tertiary/aromatic N) is 2. The Morgan fingerprint density at radius 2 is 1.91 bits per heavy atom. The summed E-state index contributed by atoms with van der Waals surface area (Å²) in [6.07, 6.45) is 0. The summed E-state index contributed by atoms with van der Waals surface area (Å²) in [6.45, 7) is 6.14. The molecular formula is C18H16N2OS. The lowest BCUT2D eigenvalue weighted by Crippen LogP contribution is -1.86. The first kappa shape index (κ1) is 14.6. The molecule has 3 aromatic rings. The highest BCUT2D eigenvalue weighted by Gasteiger charge is 2.12. The van der Waals surface area contributed by atoms with Gasteiger partial charge >= 0.3 is 0 Å². The highest BCUT2D eigenvalue weighted by Crippen LogP contribution is 2.24. The monoisotopic (exact) mass is 308 g/mol. The zero-order valence-corrected chi connectivity index (χ0v) is 13.6. The third-order valence-electron chi connectivity index (χ3n) is 3.24. The van der Waals surface area contributed by atoms with E-state index in [0.29, 0.717) is 5.92 Å². The largest absolute Gasteiger partial charge is 0.360 e. The van der Waals surface area contributed by atoms with Crippen LogP contribution in [0.5, 0.6) is 0 Å². The van der Waals surface area contributed by atoms with Gasteiger partial charge in [-0.1, -0.05) is 55.3 Å². The van der Waals surface area contributed by atoms with Gasteiger partial charge in [0.1, 0.15) is 17.1 Å². The molecule has 0 amide bonds. The van der Waals surface area contributed by atoms with Crippen LogP contribution in [0.1, 0.15) is 41.8 Å². The Balaban J connectivity index is 1.96. The van der Waals surface area contributed by atoms with Gasteiger partial charge in [-0.15, -0.1) is 11.3 Å². The van der Waals surface area contributed by atoms with Crippen molar-refractivity contribution in [3.63, 3.8) is 0 Å². The van der Waals surface area contributed by atoms with Gasteiger partial charge in [0.15, 0.2) is 0 Å². The minimum atomic E-state index is 0.428. The van der Waals surface area contributed by atoms with Gasteiger partial charge in [-0.25, -0.2) is 4.98 Å². The minimum absolute atomic E-state index is 0.428. The Labute approximate surface area is 134 Å². The molecule has 0 aliphatic rings. The van der Waals surface area contributed by atoms with Crippen molar-refractivity contribution in [2.24, 2.45) is 0 Å². The smallest absolute Gasteiger partial charge is 0.149 e. The van der Waals surface area contributed by atoms with Gasteiger partial charge in [0, 0.05) is 16.9 Å².